The third-order valence-corrected chi connectivity index (χ3v) is 2.40. The van der Waals surface area contributed by atoms with E-state index in [-0.39, 0.29) is 12.4 Å². The molecule has 2 nitrogen and oxygen atoms in total. The van der Waals surface area contributed by atoms with Crippen LogP contribution in [-0.4, -0.2) is 7.11 Å². The minimum atomic E-state index is -0.268. The summed E-state index contributed by atoms with van der Waals surface area (Å²) in [5.74, 6) is -0.268. The SMILES string of the molecule is COCc1cc(N)c(I)cc1F. The average molecular weight is 281 g/mol. The summed E-state index contributed by atoms with van der Waals surface area (Å²) in [6.45, 7) is 0.257. The van der Waals surface area contributed by atoms with Gasteiger partial charge in [-0.05, 0) is 34.7 Å². The Balaban J connectivity index is 3.05. The summed E-state index contributed by atoms with van der Waals surface area (Å²) < 4.78 is 18.6. The van der Waals surface area contributed by atoms with Gasteiger partial charge in [0.25, 0.3) is 0 Å². The standard InChI is InChI=1S/C8H9FINO/c1-12-4-5-2-8(11)7(10)3-6(5)9/h2-3H,4,11H2,1H3. The van der Waals surface area contributed by atoms with E-state index in [0.29, 0.717) is 11.3 Å². The second-order valence-electron chi connectivity index (χ2n) is 2.40. The molecule has 0 fully saturated rings. The van der Waals surface area contributed by atoms with Gasteiger partial charge in [-0.2, -0.15) is 0 Å². The van der Waals surface area contributed by atoms with E-state index in [1.807, 2.05) is 22.6 Å². The van der Waals surface area contributed by atoms with E-state index < -0.39 is 0 Å². The van der Waals surface area contributed by atoms with Crippen molar-refractivity contribution in [1.29, 1.82) is 0 Å². The normalized spacial score (nSPS) is 10.2. The number of hydrogen-bond acceptors (Lipinski definition) is 2. The van der Waals surface area contributed by atoms with Crippen molar-refractivity contribution in [3.63, 3.8) is 0 Å². The van der Waals surface area contributed by atoms with E-state index >= 15 is 0 Å². The zero-order valence-electron chi connectivity index (χ0n) is 6.60. The van der Waals surface area contributed by atoms with Crippen molar-refractivity contribution in [2.24, 2.45) is 0 Å². The summed E-state index contributed by atoms with van der Waals surface area (Å²) in [4.78, 5) is 0. The molecule has 0 atom stereocenters. The lowest BCUT2D eigenvalue weighted by Gasteiger charge is -2.04. The van der Waals surface area contributed by atoms with Crippen LogP contribution in [0.1, 0.15) is 5.56 Å². The summed E-state index contributed by atoms with van der Waals surface area (Å²) in [6, 6.07) is 3.00. The quantitative estimate of drug-likeness (QED) is 0.666. The first-order valence-corrected chi connectivity index (χ1v) is 4.45. The van der Waals surface area contributed by atoms with Gasteiger partial charge in [-0.1, -0.05) is 0 Å². The third kappa shape index (κ3) is 2.07. The molecule has 0 bridgehead atoms. The molecule has 0 aromatic heterocycles. The van der Waals surface area contributed by atoms with E-state index in [2.05, 4.69) is 0 Å². The summed E-state index contributed by atoms with van der Waals surface area (Å²) in [6.07, 6.45) is 0. The van der Waals surface area contributed by atoms with Gasteiger partial charge in [0.15, 0.2) is 0 Å². The Bertz CT molecular complexity index is 291. The zero-order valence-corrected chi connectivity index (χ0v) is 8.76. The number of halogens is 2. The number of rotatable bonds is 2. The van der Waals surface area contributed by atoms with Crippen molar-refractivity contribution >= 4 is 28.3 Å². The number of hydrogen-bond donors (Lipinski definition) is 1. The molecule has 0 amide bonds. The highest BCUT2D eigenvalue weighted by Gasteiger charge is 2.05. The van der Waals surface area contributed by atoms with E-state index in [1.54, 1.807) is 6.07 Å². The molecule has 2 N–H and O–H groups in total. The molecule has 1 aromatic rings. The van der Waals surface area contributed by atoms with E-state index in [9.17, 15) is 4.39 Å². The highest BCUT2D eigenvalue weighted by Crippen LogP contribution is 2.20. The van der Waals surface area contributed by atoms with Crippen LogP contribution in [0.4, 0.5) is 10.1 Å². The maximum absolute atomic E-state index is 13.1. The Labute approximate surface area is 84.0 Å². The monoisotopic (exact) mass is 281 g/mol. The predicted molar refractivity (Wildman–Crippen MR) is 54.2 cm³/mol. The molecule has 0 spiro atoms. The molecular formula is C8H9FINO. The van der Waals surface area contributed by atoms with E-state index in [0.717, 1.165) is 3.57 Å². The van der Waals surface area contributed by atoms with Gasteiger partial charge in [0.1, 0.15) is 5.82 Å². The van der Waals surface area contributed by atoms with E-state index in [1.165, 1.54) is 13.2 Å². The van der Waals surface area contributed by atoms with Crippen LogP contribution in [0.5, 0.6) is 0 Å². The van der Waals surface area contributed by atoms with E-state index in [4.69, 9.17) is 10.5 Å². The molecule has 0 aliphatic heterocycles. The number of ether oxygens (including phenoxy) is 1. The van der Waals surface area contributed by atoms with Crippen LogP contribution in [0, 0.1) is 9.39 Å². The van der Waals surface area contributed by atoms with Crippen LogP contribution < -0.4 is 5.73 Å². The minimum Gasteiger partial charge on any atom is -0.398 e. The first-order chi connectivity index (χ1) is 5.65. The Kier molecular flexibility index (Phi) is 3.28. The smallest absolute Gasteiger partial charge is 0.129 e. The van der Waals surface area contributed by atoms with Crippen molar-refractivity contribution < 1.29 is 9.13 Å². The number of nitrogen functional groups attached to an aromatic ring is 1. The zero-order chi connectivity index (χ0) is 9.14. The van der Waals surface area contributed by atoms with Crippen molar-refractivity contribution in [3.05, 3.63) is 27.1 Å². The fourth-order valence-electron chi connectivity index (χ4n) is 0.879. The molecule has 1 rings (SSSR count). The molecule has 66 valence electrons. The van der Waals surface area contributed by atoms with Crippen molar-refractivity contribution in [1.82, 2.24) is 0 Å². The fourth-order valence-corrected chi connectivity index (χ4v) is 1.31. The lowest BCUT2D eigenvalue weighted by molar-refractivity contribution is 0.181. The first-order valence-electron chi connectivity index (χ1n) is 3.37. The summed E-state index contributed by atoms with van der Waals surface area (Å²) in [7, 11) is 1.52. The number of benzene rings is 1. The molecule has 0 aliphatic rings. The van der Waals surface area contributed by atoms with Gasteiger partial charge in [0.05, 0.1) is 6.61 Å². The lowest BCUT2D eigenvalue weighted by atomic mass is 10.2. The Hall–Kier alpha value is -0.360. The Morgan fingerprint density at radius 2 is 2.25 bits per heavy atom. The number of nitrogens with two attached hydrogens (primary N) is 1. The second-order valence-corrected chi connectivity index (χ2v) is 3.56. The molecule has 0 aliphatic carbocycles. The largest absolute Gasteiger partial charge is 0.398 e. The number of methoxy groups -OCH3 is 1. The van der Waals surface area contributed by atoms with Gasteiger partial charge in [-0.25, -0.2) is 4.39 Å². The van der Waals surface area contributed by atoms with Crippen LogP contribution in [0.15, 0.2) is 12.1 Å². The molecular weight excluding hydrogens is 272 g/mol. The van der Waals surface area contributed by atoms with Crippen molar-refractivity contribution in [2.75, 3.05) is 12.8 Å². The molecule has 4 heteroatoms. The maximum atomic E-state index is 13.1. The highest BCUT2D eigenvalue weighted by atomic mass is 127. The first kappa shape index (κ1) is 9.73. The molecule has 0 unspecified atom stereocenters. The molecule has 1 aromatic carbocycles. The molecule has 0 radical (unpaired) electrons. The Morgan fingerprint density at radius 3 is 2.83 bits per heavy atom. The summed E-state index contributed by atoms with van der Waals surface area (Å²) in [5.41, 5.74) is 6.67. The van der Waals surface area contributed by atoms with Crippen LogP contribution >= 0.6 is 22.6 Å². The van der Waals surface area contributed by atoms with Gasteiger partial charge >= 0.3 is 0 Å². The minimum absolute atomic E-state index is 0.257. The van der Waals surface area contributed by atoms with Crippen molar-refractivity contribution in [3.8, 4) is 0 Å². The van der Waals surface area contributed by atoms with Crippen LogP contribution in [-0.2, 0) is 11.3 Å². The number of anilines is 1. The molecule has 0 saturated carbocycles. The van der Waals surface area contributed by atoms with Crippen LogP contribution in [0.3, 0.4) is 0 Å². The molecule has 0 saturated heterocycles. The molecule has 12 heavy (non-hydrogen) atoms. The third-order valence-electron chi connectivity index (χ3n) is 1.47. The summed E-state index contributed by atoms with van der Waals surface area (Å²) in [5, 5.41) is 0. The molecule has 0 heterocycles. The van der Waals surface area contributed by atoms with Crippen LogP contribution in [0.25, 0.3) is 0 Å². The Morgan fingerprint density at radius 1 is 1.58 bits per heavy atom. The maximum Gasteiger partial charge on any atom is 0.129 e. The van der Waals surface area contributed by atoms with Gasteiger partial charge in [-0.15, -0.1) is 0 Å². The van der Waals surface area contributed by atoms with Gasteiger partial charge in [0.2, 0.25) is 0 Å². The van der Waals surface area contributed by atoms with Gasteiger partial charge in [-0.3, -0.25) is 0 Å². The van der Waals surface area contributed by atoms with Crippen LogP contribution in [0.2, 0.25) is 0 Å². The highest BCUT2D eigenvalue weighted by molar-refractivity contribution is 14.1. The fraction of sp³-hybridized carbons (Fsp3) is 0.250. The summed E-state index contributed by atoms with van der Waals surface area (Å²) >= 11 is 1.99. The lowest BCUT2D eigenvalue weighted by Crippen LogP contribution is -1.97. The second kappa shape index (κ2) is 4.04. The predicted octanol–water partition coefficient (Wildman–Crippen LogP) is 2.16. The topological polar surface area (TPSA) is 35.2 Å². The average Bonchev–Trinajstić information content (AvgIpc) is 2.01. The van der Waals surface area contributed by atoms with Crippen molar-refractivity contribution in [2.45, 2.75) is 6.61 Å². The van der Waals surface area contributed by atoms with Gasteiger partial charge < -0.3 is 10.5 Å². The van der Waals surface area contributed by atoms with Gasteiger partial charge in [0, 0.05) is 21.9 Å².